The second-order valence-electron chi connectivity index (χ2n) is 6.02. The summed E-state index contributed by atoms with van der Waals surface area (Å²) < 4.78 is 0. The number of rotatable bonds is 8. The molecule has 18 heavy (non-hydrogen) atoms. The topological polar surface area (TPSA) is 15.3 Å². The van der Waals surface area contributed by atoms with Crippen LogP contribution < -0.4 is 5.32 Å². The summed E-state index contributed by atoms with van der Waals surface area (Å²) in [4.78, 5) is 2.69. The minimum atomic E-state index is 0.339. The Labute approximate surface area is 118 Å². The second kappa shape index (κ2) is 8.44. The number of unbranched alkanes of at least 4 members (excludes halogenated alkanes) is 3. The van der Waals surface area contributed by atoms with Crippen molar-refractivity contribution in [1.29, 1.82) is 0 Å². The predicted octanol–water partition coefficient (Wildman–Crippen LogP) is 3.37. The first kappa shape index (κ1) is 16.3. The molecule has 0 aromatic carbocycles. The summed E-state index contributed by atoms with van der Waals surface area (Å²) in [5.41, 5.74) is 0.339. The van der Waals surface area contributed by atoms with E-state index in [4.69, 9.17) is 0 Å². The van der Waals surface area contributed by atoms with E-state index in [0.717, 1.165) is 6.54 Å². The molecule has 0 aromatic heterocycles. The van der Waals surface area contributed by atoms with Crippen molar-refractivity contribution in [2.45, 2.75) is 64.5 Å². The standard InChI is InChI=1S/C15H32N2S/c1-5-15(3)13-17(14(2)12-16-15)10-8-6-7-9-11-18-4/h14,16H,5-13H2,1-4H3. The SMILES string of the molecule is CCC1(C)CN(CCCCCCSC)C(C)CN1. The van der Waals surface area contributed by atoms with Crippen LogP contribution >= 0.6 is 11.8 Å². The minimum Gasteiger partial charge on any atom is -0.309 e. The lowest BCUT2D eigenvalue weighted by Crippen LogP contribution is -2.61. The van der Waals surface area contributed by atoms with E-state index in [1.807, 2.05) is 11.8 Å². The summed E-state index contributed by atoms with van der Waals surface area (Å²) >= 11 is 1.97. The maximum Gasteiger partial charge on any atom is 0.0278 e. The molecule has 0 aromatic rings. The fourth-order valence-corrected chi connectivity index (χ4v) is 3.13. The maximum atomic E-state index is 3.70. The molecule has 0 bridgehead atoms. The van der Waals surface area contributed by atoms with Gasteiger partial charge in [0.25, 0.3) is 0 Å². The first-order valence-corrected chi connectivity index (χ1v) is 8.98. The zero-order chi connectivity index (χ0) is 13.4. The van der Waals surface area contributed by atoms with Gasteiger partial charge < -0.3 is 5.32 Å². The maximum absolute atomic E-state index is 3.70. The van der Waals surface area contributed by atoms with Crippen LogP contribution in [0.2, 0.25) is 0 Å². The Hall–Kier alpha value is 0.270. The molecule has 2 atom stereocenters. The fraction of sp³-hybridized carbons (Fsp3) is 1.00. The van der Waals surface area contributed by atoms with Crippen LogP contribution in [-0.4, -0.2) is 48.1 Å². The molecule has 1 rings (SSSR count). The highest BCUT2D eigenvalue weighted by Crippen LogP contribution is 2.19. The van der Waals surface area contributed by atoms with E-state index in [9.17, 15) is 0 Å². The van der Waals surface area contributed by atoms with E-state index in [-0.39, 0.29) is 0 Å². The third-order valence-corrected chi connectivity index (χ3v) is 5.02. The van der Waals surface area contributed by atoms with Gasteiger partial charge in [0.1, 0.15) is 0 Å². The lowest BCUT2D eigenvalue weighted by Gasteiger charge is -2.45. The highest BCUT2D eigenvalue weighted by atomic mass is 32.2. The third kappa shape index (κ3) is 5.50. The van der Waals surface area contributed by atoms with Crippen LogP contribution in [0.5, 0.6) is 0 Å². The van der Waals surface area contributed by atoms with Crippen molar-refractivity contribution in [2.75, 3.05) is 31.6 Å². The Kier molecular flexibility index (Phi) is 7.66. The zero-order valence-corrected chi connectivity index (χ0v) is 13.6. The molecule has 1 N–H and O–H groups in total. The van der Waals surface area contributed by atoms with Gasteiger partial charge in [-0.2, -0.15) is 11.8 Å². The molecular formula is C15H32N2S. The molecule has 0 amide bonds. The van der Waals surface area contributed by atoms with E-state index in [1.165, 1.54) is 50.9 Å². The minimum absolute atomic E-state index is 0.339. The average molecular weight is 273 g/mol. The molecule has 1 heterocycles. The van der Waals surface area contributed by atoms with Gasteiger partial charge in [-0.25, -0.2) is 0 Å². The van der Waals surface area contributed by atoms with Gasteiger partial charge in [-0.15, -0.1) is 0 Å². The van der Waals surface area contributed by atoms with Crippen LogP contribution in [0.15, 0.2) is 0 Å². The largest absolute Gasteiger partial charge is 0.309 e. The number of nitrogens with zero attached hydrogens (tertiary/aromatic N) is 1. The van der Waals surface area contributed by atoms with Crippen molar-refractivity contribution in [1.82, 2.24) is 10.2 Å². The van der Waals surface area contributed by atoms with E-state index < -0.39 is 0 Å². The molecule has 0 saturated carbocycles. The molecule has 2 unspecified atom stereocenters. The van der Waals surface area contributed by atoms with Gasteiger partial charge in [0.15, 0.2) is 0 Å². The highest BCUT2D eigenvalue weighted by molar-refractivity contribution is 7.98. The lowest BCUT2D eigenvalue weighted by atomic mass is 9.93. The van der Waals surface area contributed by atoms with Gasteiger partial charge in [0, 0.05) is 24.7 Å². The molecule has 1 aliphatic rings. The van der Waals surface area contributed by atoms with Crippen LogP contribution in [-0.2, 0) is 0 Å². The summed E-state index contributed by atoms with van der Waals surface area (Å²) in [6, 6.07) is 0.704. The molecule has 1 saturated heterocycles. The first-order valence-electron chi connectivity index (χ1n) is 7.59. The van der Waals surface area contributed by atoms with Gasteiger partial charge in [0.2, 0.25) is 0 Å². The fourth-order valence-electron chi connectivity index (χ4n) is 2.63. The van der Waals surface area contributed by atoms with Gasteiger partial charge in [0.05, 0.1) is 0 Å². The number of hydrogen-bond acceptors (Lipinski definition) is 3. The number of nitrogens with one attached hydrogen (secondary N) is 1. The lowest BCUT2D eigenvalue weighted by molar-refractivity contribution is 0.0914. The Morgan fingerprint density at radius 3 is 2.67 bits per heavy atom. The summed E-state index contributed by atoms with van der Waals surface area (Å²) in [6.45, 7) is 10.7. The monoisotopic (exact) mass is 272 g/mol. The van der Waals surface area contributed by atoms with Crippen LogP contribution in [0.25, 0.3) is 0 Å². The molecule has 108 valence electrons. The summed E-state index contributed by atoms with van der Waals surface area (Å²) in [7, 11) is 0. The Morgan fingerprint density at radius 2 is 2.00 bits per heavy atom. The van der Waals surface area contributed by atoms with E-state index >= 15 is 0 Å². The van der Waals surface area contributed by atoms with E-state index in [0.29, 0.717) is 11.6 Å². The van der Waals surface area contributed by atoms with Crippen LogP contribution in [0, 0.1) is 0 Å². The van der Waals surface area contributed by atoms with E-state index in [1.54, 1.807) is 0 Å². The zero-order valence-electron chi connectivity index (χ0n) is 12.8. The Balaban J connectivity index is 2.19. The summed E-state index contributed by atoms with van der Waals surface area (Å²) in [6.07, 6.45) is 9.01. The van der Waals surface area contributed by atoms with Crippen molar-refractivity contribution < 1.29 is 0 Å². The molecular weight excluding hydrogens is 240 g/mol. The van der Waals surface area contributed by atoms with Crippen molar-refractivity contribution in [3.8, 4) is 0 Å². The van der Waals surface area contributed by atoms with Gasteiger partial charge in [-0.05, 0) is 51.7 Å². The summed E-state index contributed by atoms with van der Waals surface area (Å²) in [5, 5.41) is 3.70. The summed E-state index contributed by atoms with van der Waals surface area (Å²) in [5.74, 6) is 1.33. The smallest absolute Gasteiger partial charge is 0.0278 e. The Bertz CT molecular complexity index is 223. The van der Waals surface area contributed by atoms with Crippen LogP contribution in [0.1, 0.15) is 52.9 Å². The number of thioether (sulfide) groups is 1. The van der Waals surface area contributed by atoms with Gasteiger partial charge in [-0.3, -0.25) is 4.90 Å². The highest BCUT2D eigenvalue weighted by Gasteiger charge is 2.31. The first-order chi connectivity index (χ1) is 8.61. The van der Waals surface area contributed by atoms with Crippen molar-refractivity contribution in [2.24, 2.45) is 0 Å². The third-order valence-electron chi connectivity index (χ3n) is 4.32. The predicted molar refractivity (Wildman–Crippen MR) is 84.6 cm³/mol. The molecule has 1 fully saturated rings. The van der Waals surface area contributed by atoms with Crippen molar-refractivity contribution in [3.05, 3.63) is 0 Å². The molecule has 0 radical (unpaired) electrons. The number of piperazine rings is 1. The Morgan fingerprint density at radius 1 is 1.28 bits per heavy atom. The van der Waals surface area contributed by atoms with Crippen molar-refractivity contribution >= 4 is 11.8 Å². The molecule has 1 aliphatic heterocycles. The molecule has 0 aliphatic carbocycles. The number of hydrogen-bond donors (Lipinski definition) is 1. The quantitative estimate of drug-likeness (QED) is 0.682. The van der Waals surface area contributed by atoms with Gasteiger partial charge >= 0.3 is 0 Å². The molecule has 3 heteroatoms. The second-order valence-corrected chi connectivity index (χ2v) is 7.01. The molecule has 2 nitrogen and oxygen atoms in total. The van der Waals surface area contributed by atoms with Crippen LogP contribution in [0.4, 0.5) is 0 Å². The van der Waals surface area contributed by atoms with Crippen LogP contribution in [0.3, 0.4) is 0 Å². The normalized spacial score (nSPS) is 29.7. The van der Waals surface area contributed by atoms with Gasteiger partial charge in [-0.1, -0.05) is 19.8 Å². The van der Waals surface area contributed by atoms with Crippen molar-refractivity contribution in [3.63, 3.8) is 0 Å². The van der Waals surface area contributed by atoms with E-state index in [2.05, 4.69) is 37.2 Å². The average Bonchev–Trinajstić information content (AvgIpc) is 2.38. The molecule has 0 spiro atoms.